The van der Waals surface area contributed by atoms with E-state index < -0.39 is 0 Å². The van der Waals surface area contributed by atoms with Gasteiger partial charge in [-0.2, -0.15) is 0 Å². The first-order valence-electron chi connectivity index (χ1n) is 6.69. The second-order valence-electron chi connectivity index (χ2n) is 4.33. The van der Waals surface area contributed by atoms with Gasteiger partial charge in [-0.1, -0.05) is 25.5 Å². The van der Waals surface area contributed by atoms with Crippen LogP contribution in [0.2, 0.25) is 0 Å². The van der Waals surface area contributed by atoms with Crippen LogP contribution in [0, 0.1) is 0 Å². The summed E-state index contributed by atoms with van der Waals surface area (Å²) in [6.45, 7) is 4.97. The average Bonchev–Trinajstić information content (AvgIpc) is 2.40. The van der Waals surface area contributed by atoms with Crippen LogP contribution in [0.4, 0.5) is 0 Å². The van der Waals surface area contributed by atoms with Crippen molar-refractivity contribution in [3.63, 3.8) is 0 Å². The monoisotopic (exact) mass is 251 g/mol. The van der Waals surface area contributed by atoms with Gasteiger partial charge >= 0.3 is 0 Å². The largest absolute Gasteiger partial charge is 0.497 e. The fraction of sp³-hybridized carbons (Fsp3) is 0.600. The molecule has 1 aromatic rings. The molecule has 0 aliphatic heterocycles. The SMILES string of the molecule is CCCC(OCC)C(NC)c1cccc(OC)c1. The Morgan fingerprint density at radius 3 is 2.61 bits per heavy atom. The van der Waals surface area contributed by atoms with Crippen molar-refractivity contribution >= 4 is 0 Å². The zero-order valence-electron chi connectivity index (χ0n) is 11.9. The minimum absolute atomic E-state index is 0.206. The second kappa shape index (κ2) is 8.11. The molecule has 0 amide bonds. The van der Waals surface area contributed by atoms with Crippen LogP contribution in [0.15, 0.2) is 24.3 Å². The van der Waals surface area contributed by atoms with E-state index >= 15 is 0 Å². The minimum Gasteiger partial charge on any atom is -0.497 e. The maximum Gasteiger partial charge on any atom is 0.119 e. The van der Waals surface area contributed by atoms with Crippen LogP contribution in [-0.2, 0) is 4.74 Å². The fourth-order valence-electron chi connectivity index (χ4n) is 2.25. The van der Waals surface area contributed by atoms with Crippen LogP contribution in [0.5, 0.6) is 5.75 Å². The van der Waals surface area contributed by atoms with E-state index in [9.17, 15) is 0 Å². The Morgan fingerprint density at radius 1 is 1.28 bits per heavy atom. The molecule has 3 nitrogen and oxygen atoms in total. The van der Waals surface area contributed by atoms with Crippen molar-refractivity contribution in [2.45, 2.75) is 38.8 Å². The normalized spacial score (nSPS) is 14.2. The summed E-state index contributed by atoms with van der Waals surface area (Å²) in [5.74, 6) is 0.888. The minimum atomic E-state index is 0.206. The molecule has 2 atom stereocenters. The summed E-state index contributed by atoms with van der Waals surface area (Å²) in [7, 11) is 3.67. The van der Waals surface area contributed by atoms with Crippen molar-refractivity contribution in [1.29, 1.82) is 0 Å². The molecule has 0 spiro atoms. The van der Waals surface area contributed by atoms with E-state index in [4.69, 9.17) is 9.47 Å². The molecule has 1 rings (SSSR count). The second-order valence-corrected chi connectivity index (χ2v) is 4.33. The molecule has 102 valence electrons. The Morgan fingerprint density at radius 2 is 2.06 bits per heavy atom. The molecule has 0 saturated carbocycles. The average molecular weight is 251 g/mol. The third kappa shape index (κ3) is 4.00. The summed E-state index contributed by atoms with van der Waals surface area (Å²) in [5.41, 5.74) is 1.21. The van der Waals surface area contributed by atoms with Gasteiger partial charge < -0.3 is 14.8 Å². The van der Waals surface area contributed by atoms with Crippen LogP contribution < -0.4 is 10.1 Å². The van der Waals surface area contributed by atoms with Gasteiger partial charge in [-0.05, 0) is 38.1 Å². The molecule has 0 saturated heterocycles. The van der Waals surface area contributed by atoms with Crippen molar-refractivity contribution in [2.24, 2.45) is 0 Å². The molecule has 2 unspecified atom stereocenters. The molecule has 18 heavy (non-hydrogen) atoms. The van der Waals surface area contributed by atoms with Crippen LogP contribution in [0.3, 0.4) is 0 Å². The van der Waals surface area contributed by atoms with E-state index in [2.05, 4.69) is 24.4 Å². The van der Waals surface area contributed by atoms with E-state index in [0.717, 1.165) is 25.2 Å². The first-order chi connectivity index (χ1) is 8.76. The van der Waals surface area contributed by atoms with Crippen molar-refractivity contribution in [1.82, 2.24) is 5.32 Å². The lowest BCUT2D eigenvalue weighted by Crippen LogP contribution is -2.31. The zero-order chi connectivity index (χ0) is 13.4. The Balaban J connectivity index is 2.90. The van der Waals surface area contributed by atoms with Gasteiger partial charge in [-0.15, -0.1) is 0 Å². The Bertz CT molecular complexity index is 335. The third-order valence-corrected chi connectivity index (χ3v) is 3.09. The molecule has 3 heteroatoms. The maximum atomic E-state index is 5.86. The van der Waals surface area contributed by atoms with E-state index in [1.807, 2.05) is 26.1 Å². The predicted molar refractivity (Wildman–Crippen MR) is 75.1 cm³/mol. The maximum absolute atomic E-state index is 5.86. The first kappa shape index (κ1) is 15.0. The van der Waals surface area contributed by atoms with Crippen molar-refractivity contribution in [3.05, 3.63) is 29.8 Å². The van der Waals surface area contributed by atoms with Crippen LogP contribution >= 0.6 is 0 Å². The Hall–Kier alpha value is -1.06. The summed E-state index contributed by atoms with van der Waals surface area (Å²) < 4.78 is 11.1. The van der Waals surface area contributed by atoms with Gasteiger partial charge in [0.1, 0.15) is 5.75 Å². The van der Waals surface area contributed by atoms with E-state index in [1.54, 1.807) is 7.11 Å². The number of nitrogens with one attached hydrogen (secondary N) is 1. The van der Waals surface area contributed by atoms with E-state index in [0.29, 0.717) is 0 Å². The number of likely N-dealkylation sites (N-methyl/N-ethyl adjacent to an activating group) is 1. The van der Waals surface area contributed by atoms with Gasteiger partial charge in [-0.25, -0.2) is 0 Å². The summed E-state index contributed by atoms with van der Waals surface area (Å²) in [4.78, 5) is 0. The number of rotatable bonds is 8. The highest BCUT2D eigenvalue weighted by molar-refractivity contribution is 5.31. The van der Waals surface area contributed by atoms with Crippen LogP contribution in [-0.4, -0.2) is 26.9 Å². The van der Waals surface area contributed by atoms with E-state index in [-0.39, 0.29) is 12.1 Å². The summed E-state index contributed by atoms with van der Waals surface area (Å²) in [6.07, 6.45) is 2.38. The van der Waals surface area contributed by atoms with Crippen molar-refractivity contribution in [2.75, 3.05) is 20.8 Å². The predicted octanol–water partition coefficient (Wildman–Crippen LogP) is 3.16. The lowest BCUT2D eigenvalue weighted by molar-refractivity contribution is 0.0295. The number of hydrogen-bond donors (Lipinski definition) is 1. The molecule has 0 aromatic heterocycles. The molecule has 0 bridgehead atoms. The molecular weight excluding hydrogens is 226 g/mol. The molecule has 1 aromatic carbocycles. The van der Waals surface area contributed by atoms with Crippen LogP contribution in [0.25, 0.3) is 0 Å². The highest BCUT2D eigenvalue weighted by atomic mass is 16.5. The zero-order valence-corrected chi connectivity index (χ0v) is 11.9. The van der Waals surface area contributed by atoms with Gasteiger partial charge in [0, 0.05) is 6.61 Å². The van der Waals surface area contributed by atoms with Gasteiger partial charge in [0.05, 0.1) is 19.3 Å². The standard InChI is InChI=1S/C15H25NO2/c1-5-8-14(18-6-2)15(16-3)12-9-7-10-13(11-12)17-4/h7,9-11,14-16H,5-6,8H2,1-4H3. The highest BCUT2D eigenvalue weighted by Gasteiger charge is 2.21. The van der Waals surface area contributed by atoms with Crippen molar-refractivity contribution in [3.8, 4) is 5.75 Å². The molecule has 1 N–H and O–H groups in total. The number of benzene rings is 1. The smallest absolute Gasteiger partial charge is 0.119 e. The lowest BCUT2D eigenvalue weighted by Gasteiger charge is -2.27. The molecule has 0 aliphatic carbocycles. The molecule has 0 fully saturated rings. The molecule has 0 aliphatic rings. The molecular formula is C15H25NO2. The lowest BCUT2D eigenvalue weighted by atomic mass is 9.98. The van der Waals surface area contributed by atoms with Crippen LogP contribution in [0.1, 0.15) is 38.3 Å². The van der Waals surface area contributed by atoms with Gasteiger partial charge in [0.2, 0.25) is 0 Å². The number of methoxy groups -OCH3 is 1. The van der Waals surface area contributed by atoms with Gasteiger partial charge in [0.15, 0.2) is 0 Å². The summed E-state index contributed by atoms with van der Waals surface area (Å²) in [6, 6.07) is 8.38. The number of ether oxygens (including phenoxy) is 2. The van der Waals surface area contributed by atoms with Gasteiger partial charge in [0.25, 0.3) is 0 Å². The highest BCUT2D eigenvalue weighted by Crippen LogP contribution is 2.25. The Labute approximate surface area is 110 Å². The molecule has 0 radical (unpaired) electrons. The first-order valence-corrected chi connectivity index (χ1v) is 6.69. The summed E-state index contributed by atoms with van der Waals surface area (Å²) >= 11 is 0. The quantitative estimate of drug-likeness (QED) is 0.770. The third-order valence-electron chi connectivity index (χ3n) is 3.09. The topological polar surface area (TPSA) is 30.5 Å². The van der Waals surface area contributed by atoms with E-state index in [1.165, 1.54) is 5.56 Å². The molecule has 0 heterocycles. The number of hydrogen-bond acceptors (Lipinski definition) is 3. The summed E-state index contributed by atoms with van der Waals surface area (Å²) in [5, 5.41) is 3.36. The van der Waals surface area contributed by atoms with Crippen molar-refractivity contribution < 1.29 is 9.47 Å². The fourth-order valence-corrected chi connectivity index (χ4v) is 2.25. The van der Waals surface area contributed by atoms with Gasteiger partial charge in [-0.3, -0.25) is 0 Å². The Kier molecular flexibility index (Phi) is 6.76.